The van der Waals surface area contributed by atoms with Crippen molar-refractivity contribution in [2.45, 2.75) is 0 Å². The molecule has 6 nitrogen and oxygen atoms in total. The molecule has 0 saturated heterocycles. The van der Waals surface area contributed by atoms with E-state index in [-0.39, 0.29) is 16.7 Å². The zero-order valence-corrected chi connectivity index (χ0v) is 11.5. The number of aromatic hydroxyl groups is 1. The van der Waals surface area contributed by atoms with Gasteiger partial charge in [-0.2, -0.15) is 5.26 Å². The number of carbonyl (C=O) groups is 1. The van der Waals surface area contributed by atoms with E-state index in [1.165, 1.54) is 18.2 Å². The van der Waals surface area contributed by atoms with Crippen molar-refractivity contribution >= 4 is 11.9 Å². The van der Waals surface area contributed by atoms with Crippen LogP contribution in [-0.2, 0) is 0 Å². The van der Waals surface area contributed by atoms with Crippen molar-refractivity contribution in [2.24, 2.45) is 5.73 Å². The Morgan fingerprint density at radius 3 is 2.61 bits per heavy atom. The molecule has 0 aromatic heterocycles. The molecule has 1 amide bonds. The van der Waals surface area contributed by atoms with Crippen molar-refractivity contribution in [1.29, 1.82) is 10.7 Å². The monoisotopic (exact) mass is 316 g/mol. The second-order valence-electron chi connectivity index (χ2n) is 4.46. The Kier molecular flexibility index (Phi) is 4.23. The van der Waals surface area contributed by atoms with Gasteiger partial charge in [-0.05, 0) is 18.2 Å². The van der Waals surface area contributed by atoms with E-state index in [1.807, 2.05) is 5.32 Å². The summed E-state index contributed by atoms with van der Waals surface area (Å²) in [6.07, 6.45) is 0. The van der Waals surface area contributed by atoms with E-state index in [4.69, 9.17) is 11.1 Å². The molecule has 2 aromatic rings. The van der Waals surface area contributed by atoms with E-state index in [1.54, 1.807) is 6.07 Å². The molecule has 0 heterocycles. The quantitative estimate of drug-likeness (QED) is 0.498. The molecule has 0 unspecified atom stereocenters. The number of rotatable bonds is 2. The molecule has 0 atom stereocenters. The van der Waals surface area contributed by atoms with E-state index in [0.717, 1.165) is 12.1 Å². The van der Waals surface area contributed by atoms with Gasteiger partial charge >= 0.3 is 0 Å². The van der Waals surface area contributed by atoms with E-state index in [9.17, 15) is 23.9 Å². The highest BCUT2D eigenvalue weighted by molar-refractivity contribution is 6.10. The molecule has 116 valence electrons. The summed E-state index contributed by atoms with van der Waals surface area (Å²) in [5.41, 5.74) is 3.77. The van der Waals surface area contributed by atoms with Crippen molar-refractivity contribution in [2.75, 3.05) is 0 Å². The summed E-state index contributed by atoms with van der Waals surface area (Å²) in [6.45, 7) is 0. The lowest BCUT2D eigenvalue weighted by atomic mass is 9.93. The topological polar surface area (TPSA) is 123 Å². The van der Waals surface area contributed by atoms with Gasteiger partial charge < -0.3 is 10.8 Å². The maximum absolute atomic E-state index is 14.1. The van der Waals surface area contributed by atoms with Crippen LogP contribution in [0.25, 0.3) is 11.1 Å². The van der Waals surface area contributed by atoms with Gasteiger partial charge in [0.15, 0.2) is 17.6 Å². The summed E-state index contributed by atoms with van der Waals surface area (Å²) in [4.78, 5) is 12.1. The molecule has 8 heteroatoms. The van der Waals surface area contributed by atoms with Crippen LogP contribution in [0.2, 0.25) is 0 Å². The fourth-order valence-electron chi connectivity index (χ4n) is 2.08. The van der Waals surface area contributed by atoms with Crippen molar-refractivity contribution < 1.29 is 18.7 Å². The summed E-state index contributed by atoms with van der Waals surface area (Å²) in [5.74, 6) is -4.74. The third kappa shape index (κ3) is 2.94. The van der Waals surface area contributed by atoms with Crippen LogP contribution >= 0.6 is 0 Å². The Morgan fingerprint density at radius 1 is 1.30 bits per heavy atom. The van der Waals surface area contributed by atoms with Crippen molar-refractivity contribution in [3.8, 4) is 22.9 Å². The van der Waals surface area contributed by atoms with Crippen molar-refractivity contribution in [3.63, 3.8) is 0 Å². The van der Waals surface area contributed by atoms with Gasteiger partial charge in [0.2, 0.25) is 0 Å². The second-order valence-corrected chi connectivity index (χ2v) is 4.46. The number of benzene rings is 2. The number of hydrogen-bond donors (Lipinski definition) is 4. The average molecular weight is 316 g/mol. The van der Waals surface area contributed by atoms with Gasteiger partial charge in [0, 0.05) is 11.1 Å². The molecule has 0 aliphatic heterocycles. The van der Waals surface area contributed by atoms with Gasteiger partial charge in [0.25, 0.3) is 5.91 Å². The highest BCUT2D eigenvalue weighted by Gasteiger charge is 2.24. The highest BCUT2D eigenvalue weighted by Crippen LogP contribution is 2.35. The summed E-state index contributed by atoms with van der Waals surface area (Å²) in [7, 11) is 0. The van der Waals surface area contributed by atoms with Gasteiger partial charge in [0.1, 0.15) is 5.75 Å². The first-order chi connectivity index (χ1) is 10.9. The number of nitrogens with zero attached hydrogens (tertiary/aromatic N) is 1. The van der Waals surface area contributed by atoms with Crippen LogP contribution < -0.4 is 11.1 Å². The number of halogens is 2. The average Bonchev–Trinajstić information content (AvgIpc) is 2.49. The lowest BCUT2D eigenvalue weighted by Gasteiger charge is -2.14. The summed E-state index contributed by atoms with van der Waals surface area (Å²) < 4.78 is 27.5. The Balaban J connectivity index is 2.83. The van der Waals surface area contributed by atoms with Crippen LogP contribution in [0.3, 0.4) is 0 Å². The van der Waals surface area contributed by atoms with Crippen LogP contribution in [0.4, 0.5) is 8.78 Å². The zero-order valence-electron chi connectivity index (χ0n) is 11.5. The largest absolute Gasteiger partial charge is 0.507 e. The number of guanidine groups is 1. The molecule has 0 aliphatic carbocycles. The normalized spacial score (nSPS) is 9.96. The van der Waals surface area contributed by atoms with Crippen LogP contribution in [0.5, 0.6) is 5.75 Å². The maximum Gasteiger partial charge on any atom is 0.262 e. The molecule has 0 aliphatic rings. The molecule has 5 N–H and O–H groups in total. The van der Waals surface area contributed by atoms with Crippen LogP contribution in [0, 0.1) is 28.4 Å². The number of carbonyl (C=O) groups excluding carboxylic acids is 1. The molecule has 23 heavy (non-hydrogen) atoms. The predicted molar refractivity (Wildman–Crippen MR) is 77.6 cm³/mol. The van der Waals surface area contributed by atoms with Gasteiger partial charge in [0.05, 0.1) is 17.2 Å². The fourth-order valence-corrected chi connectivity index (χ4v) is 2.08. The number of nitrogens with two attached hydrogens (primary N) is 1. The van der Waals surface area contributed by atoms with Gasteiger partial charge in [-0.1, -0.05) is 12.1 Å². The Morgan fingerprint density at radius 2 is 2.00 bits per heavy atom. The smallest absolute Gasteiger partial charge is 0.262 e. The standard InChI is InChI=1S/C15H10F2N4O2/c16-9-3-1-2-8(13(9)17)11-7(6-18)4-5-10(22)12(11)14(23)21-15(19)20/h1-5,22H,(H4,19,20,21,23). The molecule has 0 fully saturated rings. The molecule has 2 aromatic carbocycles. The molecule has 0 saturated carbocycles. The molecule has 0 bridgehead atoms. The number of amides is 1. The van der Waals surface area contributed by atoms with E-state index in [0.29, 0.717) is 0 Å². The Bertz CT molecular complexity index is 859. The van der Waals surface area contributed by atoms with Crippen molar-refractivity contribution in [3.05, 3.63) is 53.1 Å². The van der Waals surface area contributed by atoms with Crippen LogP contribution in [-0.4, -0.2) is 17.0 Å². The summed E-state index contributed by atoms with van der Waals surface area (Å²) in [6, 6.07) is 7.22. The Labute approximate surface area is 129 Å². The molecule has 0 radical (unpaired) electrons. The van der Waals surface area contributed by atoms with Crippen molar-refractivity contribution in [1.82, 2.24) is 5.32 Å². The SMILES string of the molecule is N#Cc1ccc(O)c(C(=O)NC(=N)N)c1-c1cccc(F)c1F. The molecule has 0 spiro atoms. The second kappa shape index (κ2) is 6.11. The predicted octanol–water partition coefficient (Wildman–Crippen LogP) is 1.83. The number of hydrogen-bond acceptors (Lipinski definition) is 4. The first kappa shape index (κ1) is 15.9. The third-order valence-corrected chi connectivity index (χ3v) is 3.00. The van der Waals surface area contributed by atoms with Gasteiger partial charge in [-0.25, -0.2) is 8.78 Å². The van der Waals surface area contributed by atoms with Crippen LogP contribution in [0.1, 0.15) is 15.9 Å². The maximum atomic E-state index is 14.1. The minimum Gasteiger partial charge on any atom is -0.507 e. The highest BCUT2D eigenvalue weighted by atomic mass is 19.2. The number of phenolic OH excluding ortho intramolecular Hbond substituents is 1. The zero-order chi connectivity index (χ0) is 17.1. The van der Waals surface area contributed by atoms with Gasteiger partial charge in [-0.3, -0.25) is 15.5 Å². The van der Waals surface area contributed by atoms with E-state index in [2.05, 4.69) is 0 Å². The van der Waals surface area contributed by atoms with Crippen LogP contribution in [0.15, 0.2) is 30.3 Å². The molecular weight excluding hydrogens is 306 g/mol. The molecule has 2 rings (SSSR count). The minimum absolute atomic E-state index is 0.152. The summed E-state index contributed by atoms with van der Waals surface area (Å²) >= 11 is 0. The Hall–Kier alpha value is -3.47. The fraction of sp³-hybridized carbons (Fsp3) is 0. The summed E-state index contributed by atoms with van der Waals surface area (Å²) in [5, 5.41) is 28.1. The number of phenols is 1. The first-order valence-electron chi connectivity index (χ1n) is 6.22. The third-order valence-electron chi connectivity index (χ3n) is 3.00. The van der Waals surface area contributed by atoms with E-state index >= 15 is 0 Å². The van der Waals surface area contributed by atoms with Gasteiger partial charge in [-0.15, -0.1) is 0 Å². The first-order valence-corrected chi connectivity index (χ1v) is 6.22. The lowest BCUT2D eigenvalue weighted by Crippen LogP contribution is -2.36. The molecular formula is C15H10F2N4O2. The minimum atomic E-state index is -1.27. The number of nitrogens with one attached hydrogen (secondary N) is 2. The number of nitriles is 1. The van der Waals surface area contributed by atoms with E-state index < -0.39 is 34.8 Å². The lowest BCUT2D eigenvalue weighted by molar-refractivity contribution is 0.0974.